The van der Waals surface area contributed by atoms with Gasteiger partial charge in [-0.1, -0.05) is 36.4 Å². The zero-order valence-corrected chi connectivity index (χ0v) is 18.6. The van der Waals surface area contributed by atoms with Crippen molar-refractivity contribution in [3.63, 3.8) is 0 Å². The number of likely N-dealkylation sites (tertiary alicyclic amines) is 1. The number of carbonyl (C=O) groups is 1. The smallest absolute Gasteiger partial charge is 0.254 e. The predicted molar refractivity (Wildman–Crippen MR) is 127 cm³/mol. The molecule has 3 heterocycles. The number of piperidine rings is 1. The Bertz CT molecular complexity index is 1080. The molecular formula is C26H30N4O2. The van der Waals surface area contributed by atoms with E-state index in [1.54, 1.807) is 13.2 Å². The van der Waals surface area contributed by atoms with Crippen molar-refractivity contribution in [3.05, 3.63) is 66.2 Å². The third-order valence-corrected chi connectivity index (χ3v) is 6.77. The monoisotopic (exact) mass is 430 g/mol. The molecule has 0 radical (unpaired) electrons. The van der Waals surface area contributed by atoms with E-state index in [1.165, 1.54) is 5.69 Å². The fourth-order valence-corrected chi connectivity index (χ4v) is 5.02. The van der Waals surface area contributed by atoms with E-state index in [1.807, 2.05) is 29.2 Å². The number of anilines is 1. The van der Waals surface area contributed by atoms with Gasteiger partial charge in [-0.3, -0.25) is 9.69 Å². The number of hydrogen-bond donors (Lipinski definition) is 0. The van der Waals surface area contributed by atoms with E-state index in [-0.39, 0.29) is 5.91 Å². The number of amides is 1. The molecule has 166 valence electrons. The Morgan fingerprint density at radius 1 is 0.969 bits per heavy atom. The summed E-state index contributed by atoms with van der Waals surface area (Å²) in [7, 11) is 1.59. The highest BCUT2D eigenvalue weighted by Gasteiger charge is 2.31. The van der Waals surface area contributed by atoms with Crippen LogP contribution in [0, 0.1) is 0 Å². The molecule has 0 spiro atoms. The topological polar surface area (TPSA) is 48.9 Å². The van der Waals surface area contributed by atoms with Gasteiger partial charge in [-0.15, -0.1) is 0 Å². The molecule has 2 aromatic carbocycles. The van der Waals surface area contributed by atoms with Crippen LogP contribution in [-0.2, 0) is 0 Å². The van der Waals surface area contributed by atoms with Gasteiger partial charge >= 0.3 is 0 Å². The summed E-state index contributed by atoms with van der Waals surface area (Å²) in [6.45, 7) is 5.71. The Balaban J connectivity index is 1.29. The maximum absolute atomic E-state index is 13.6. The number of piperazine rings is 1. The summed E-state index contributed by atoms with van der Waals surface area (Å²) in [5, 5.41) is 0.886. The Morgan fingerprint density at radius 2 is 1.72 bits per heavy atom. The summed E-state index contributed by atoms with van der Waals surface area (Å²) in [6, 6.07) is 20.6. The van der Waals surface area contributed by atoms with Gasteiger partial charge < -0.3 is 14.5 Å². The highest BCUT2D eigenvalue weighted by atomic mass is 16.5. The maximum atomic E-state index is 13.6. The summed E-state index contributed by atoms with van der Waals surface area (Å²) < 4.78 is 5.37. The SMILES string of the molecule is COc1cc(C(=O)N2CCC[C@H](N3CCN(c4ccccc4)CC3)C2)c2ccccc2n1. The van der Waals surface area contributed by atoms with Crippen LogP contribution < -0.4 is 9.64 Å². The van der Waals surface area contributed by atoms with E-state index in [2.05, 4.69) is 45.1 Å². The lowest BCUT2D eigenvalue weighted by molar-refractivity contribution is 0.0565. The van der Waals surface area contributed by atoms with Gasteiger partial charge in [0.2, 0.25) is 5.88 Å². The first kappa shape index (κ1) is 20.8. The molecule has 0 aliphatic carbocycles. The van der Waals surface area contributed by atoms with Gasteiger partial charge in [-0.2, -0.15) is 0 Å². The van der Waals surface area contributed by atoms with E-state index in [0.717, 1.165) is 63.0 Å². The summed E-state index contributed by atoms with van der Waals surface area (Å²) in [5.41, 5.74) is 2.77. The van der Waals surface area contributed by atoms with E-state index < -0.39 is 0 Å². The van der Waals surface area contributed by atoms with Crippen LogP contribution in [-0.4, -0.2) is 73.1 Å². The number of rotatable bonds is 4. The van der Waals surface area contributed by atoms with E-state index in [9.17, 15) is 4.79 Å². The molecule has 1 atom stereocenters. The molecule has 2 fully saturated rings. The quantitative estimate of drug-likeness (QED) is 0.632. The standard InChI is InChI=1S/C26H30N4O2/c1-32-25-18-23(22-11-5-6-12-24(22)27-25)26(31)30-13-7-10-21(19-30)29-16-14-28(15-17-29)20-8-3-2-4-9-20/h2-6,8-9,11-12,18,21H,7,10,13-17,19H2,1H3/t21-/m0/s1. The lowest BCUT2D eigenvalue weighted by atomic mass is 10.0. The number of benzene rings is 2. The lowest BCUT2D eigenvalue weighted by Crippen LogP contribution is -2.55. The van der Waals surface area contributed by atoms with Gasteiger partial charge in [0.05, 0.1) is 18.2 Å². The van der Waals surface area contributed by atoms with Crippen LogP contribution in [0.25, 0.3) is 10.9 Å². The van der Waals surface area contributed by atoms with Gasteiger partial charge in [0.15, 0.2) is 0 Å². The number of carbonyl (C=O) groups excluding carboxylic acids is 1. The molecule has 6 heteroatoms. The van der Waals surface area contributed by atoms with Crippen LogP contribution in [0.4, 0.5) is 5.69 Å². The lowest BCUT2D eigenvalue weighted by Gasteiger charge is -2.44. The number of ether oxygens (including phenoxy) is 1. The van der Waals surface area contributed by atoms with Crippen molar-refractivity contribution < 1.29 is 9.53 Å². The van der Waals surface area contributed by atoms with Gasteiger partial charge in [-0.05, 0) is 31.0 Å². The summed E-state index contributed by atoms with van der Waals surface area (Å²) in [4.78, 5) is 25.1. The predicted octanol–water partition coefficient (Wildman–Crippen LogP) is 3.67. The normalized spacial score (nSPS) is 19.8. The minimum atomic E-state index is 0.0783. The van der Waals surface area contributed by atoms with Crippen molar-refractivity contribution >= 4 is 22.5 Å². The highest BCUT2D eigenvalue weighted by molar-refractivity contribution is 6.06. The van der Waals surface area contributed by atoms with Crippen molar-refractivity contribution in [2.75, 3.05) is 51.3 Å². The molecule has 1 amide bonds. The summed E-state index contributed by atoms with van der Waals surface area (Å²) in [5.74, 6) is 0.562. The minimum absolute atomic E-state index is 0.0783. The molecule has 2 aliphatic heterocycles. The second kappa shape index (κ2) is 9.17. The van der Waals surface area contributed by atoms with Crippen molar-refractivity contribution in [3.8, 4) is 5.88 Å². The Labute approximate surface area is 189 Å². The van der Waals surface area contributed by atoms with Crippen LogP contribution >= 0.6 is 0 Å². The Morgan fingerprint density at radius 3 is 2.50 bits per heavy atom. The van der Waals surface area contributed by atoms with Crippen LogP contribution in [0.2, 0.25) is 0 Å². The maximum Gasteiger partial charge on any atom is 0.254 e. The van der Waals surface area contributed by atoms with Crippen LogP contribution in [0.15, 0.2) is 60.7 Å². The first-order valence-corrected chi connectivity index (χ1v) is 11.5. The molecule has 0 N–H and O–H groups in total. The fourth-order valence-electron chi connectivity index (χ4n) is 5.02. The largest absolute Gasteiger partial charge is 0.481 e. The first-order valence-electron chi connectivity index (χ1n) is 11.5. The Hall–Kier alpha value is -3.12. The van der Waals surface area contributed by atoms with Gasteiger partial charge in [0.25, 0.3) is 5.91 Å². The molecule has 0 saturated carbocycles. The average Bonchev–Trinajstić information content (AvgIpc) is 2.88. The van der Waals surface area contributed by atoms with Gasteiger partial charge in [0.1, 0.15) is 0 Å². The minimum Gasteiger partial charge on any atom is -0.481 e. The molecule has 0 bridgehead atoms. The number of aromatic nitrogens is 1. The molecule has 2 aliphatic rings. The van der Waals surface area contributed by atoms with E-state index >= 15 is 0 Å². The second-order valence-corrected chi connectivity index (χ2v) is 8.64. The molecule has 6 nitrogen and oxygen atoms in total. The Kier molecular flexibility index (Phi) is 5.95. The van der Waals surface area contributed by atoms with Gasteiger partial charge in [0, 0.05) is 62.5 Å². The zero-order valence-electron chi connectivity index (χ0n) is 18.6. The third-order valence-electron chi connectivity index (χ3n) is 6.77. The zero-order chi connectivity index (χ0) is 21.9. The number of pyridine rings is 1. The van der Waals surface area contributed by atoms with Crippen molar-refractivity contribution in [1.82, 2.24) is 14.8 Å². The second-order valence-electron chi connectivity index (χ2n) is 8.64. The first-order chi connectivity index (χ1) is 15.7. The van der Waals surface area contributed by atoms with Crippen LogP contribution in [0.3, 0.4) is 0 Å². The van der Waals surface area contributed by atoms with Crippen molar-refractivity contribution in [2.24, 2.45) is 0 Å². The number of methoxy groups -OCH3 is 1. The fraction of sp³-hybridized carbons (Fsp3) is 0.385. The average molecular weight is 431 g/mol. The molecule has 1 aromatic heterocycles. The molecule has 2 saturated heterocycles. The van der Waals surface area contributed by atoms with Crippen molar-refractivity contribution in [2.45, 2.75) is 18.9 Å². The van der Waals surface area contributed by atoms with E-state index in [0.29, 0.717) is 17.5 Å². The molecule has 32 heavy (non-hydrogen) atoms. The number of fused-ring (bicyclic) bond motifs is 1. The number of hydrogen-bond acceptors (Lipinski definition) is 5. The third kappa shape index (κ3) is 4.15. The number of para-hydroxylation sites is 2. The summed E-state index contributed by atoms with van der Waals surface area (Å²) >= 11 is 0. The van der Waals surface area contributed by atoms with Crippen molar-refractivity contribution in [1.29, 1.82) is 0 Å². The molecule has 0 unspecified atom stereocenters. The molecular weight excluding hydrogens is 400 g/mol. The summed E-state index contributed by atoms with van der Waals surface area (Å²) in [6.07, 6.45) is 2.19. The van der Waals surface area contributed by atoms with Crippen LogP contribution in [0.5, 0.6) is 5.88 Å². The van der Waals surface area contributed by atoms with Gasteiger partial charge in [-0.25, -0.2) is 4.98 Å². The van der Waals surface area contributed by atoms with Crippen LogP contribution in [0.1, 0.15) is 23.2 Å². The van der Waals surface area contributed by atoms with E-state index in [4.69, 9.17) is 4.74 Å². The number of nitrogens with zero attached hydrogens (tertiary/aromatic N) is 4. The molecule has 5 rings (SSSR count). The highest BCUT2D eigenvalue weighted by Crippen LogP contribution is 2.26. The molecule has 3 aromatic rings.